The van der Waals surface area contributed by atoms with E-state index in [1.54, 1.807) is 19.9 Å². The zero-order valence-corrected chi connectivity index (χ0v) is 15.6. The van der Waals surface area contributed by atoms with Crippen molar-refractivity contribution < 1.29 is 51.9 Å². The van der Waals surface area contributed by atoms with Gasteiger partial charge in [0.25, 0.3) is 5.88 Å². The Morgan fingerprint density at radius 3 is 2.73 bits per heavy atom. The molecule has 0 spiro atoms. The molecule has 9 heteroatoms. The number of hydrogen-bond acceptors (Lipinski definition) is 8. The second-order valence-electron chi connectivity index (χ2n) is 3.59. The molecule has 0 saturated carbocycles. The van der Waals surface area contributed by atoms with E-state index >= 15 is 0 Å². The smallest absolute Gasteiger partial charge is 0.338 e. The van der Waals surface area contributed by atoms with Gasteiger partial charge in [-0.3, -0.25) is 0 Å². The zero-order valence-electron chi connectivity index (χ0n) is 12.7. The van der Waals surface area contributed by atoms with E-state index in [9.17, 15) is 4.79 Å². The third kappa shape index (κ3) is 5.99. The molecule has 8 nitrogen and oxygen atoms in total. The van der Waals surface area contributed by atoms with Crippen molar-refractivity contribution in [3.8, 4) is 5.88 Å². The molecule has 1 aromatic heterocycles. The Hall–Kier alpha value is -1.67. The Kier molecular flexibility index (Phi) is 10.1. The second-order valence-corrected chi connectivity index (χ2v) is 3.59. The quantitative estimate of drug-likeness (QED) is 0.243. The van der Waals surface area contributed by atoms with E-state index in [1.165, 1.54) is 26.7 Å². The van der Waals surface area contributed by atoms with Gasteiger partial charge in [0.05, 0.1) is 18.2 Å². The molecule has 0 fully saturated rings. The Bertz CT molecular complexity index is 587. The van der Waals surface area contributed by atoms with Crippen LogP contribution in [0, 0.1) is 0 Å². The maximum Gasteiger partial charge on any atom is 0.338 e. The Morgan fingerprint density at radius 1 is 1.41 bits per heavy atom. The first-order valence-corrected chi connectivity index (χ1v) is 5.89. The summed E-state index contributed by atoms with van der Waals surface area (Å²) in [4.78, 5) is 29.2. The molecule has 0 atom stereocenters. The molecule has 0 aromatic carbocycles. The number of hydrogen-bond donors (Lipinski definition) is 0. The number of methoxy groups -OCH3 is 1. The van der Waals surface area contributed by atoms with Crippen LogP contribution in [-0.2, 0) is 47.1 Å². The number of oxime groups is 1. The number of ether oxygens (including phenoxy) is 1. The number of aromatic nitrogens is 2. The van der Waals surface area contributed by atoms with Crippen molar-refractivity contribution in [3.05, 3.63) is 24.2 Å². The molecule has 0 N–H and O–H groups in total. The second kappa shape index (κ2) is 11.0. The van der Waals surface area contributed by atoms with E-state index in [4.69, 9.17) is 9.57 Å². The molecule has 1 radical (unpaired) electrons. The summed E-state index contributed by atoms with van der Waals surface area (Å²) in [6.45, 7) is 3.30. The monoisotopic (exact) mass is 380 g/mol. The Balaban J connectivity index is 0.00000441. The molecule has 1 aromatic rings. The van der Waals surface area contributed by atoms with Crippen LogP contribution in [0.2, 0.25) is 0 Å². The van der Waals surface area contributed by atoms with E-state index in [2.05, 4.69) is 31.3 Å². The van der Waals surface area contributed by atoms with Crippen molar-refractivity contribution in [2.75, 3.05) is 14.2 Å². The minimum absolute atomic E-state index is 0. The predicted octanol–water partition coefficient (Wildman–Crippen LogP) is 1.31. The topological polar surface area (TPSA) is 95.3 Å². The number of carbonyl (C=O) groups is 1. The standard InChI is InChI=1S/C13H15N4O4.Y/c1-5-10(13(18)19-3)11-7-14-8-15-12(11)21-17-9(2)6-16-20-4;/h5,7-8H,1-4H3;/q-1;/b10-5+,17-9+;. The van der Waals surface area contributed by atoms with Crippen LogP contribution in [0.4, 0.5) is 0 Å². The fourth-order valence-corrected chi connectivity index (χ4v) is 1.31. The van der Waals surface area contributed by atoms with Crippen LogP contribution in [0.3, 0.4) is 0 Å². The van der Waals surface area contributed by atoms with Gasteiger partial charge in [-0.15, -0.1) is 5.16 Å². The van der Waals surface area contributed by atoms with Crippen molar-refractivity contribution in [2.24, 2.45) is 10.3 Å². The van der Waals surface area contributed by atoms with Crippen molar-refractivity contribution in [3.63, 3.8) is 0 Å². The summed E-state index contributed by atoms with van der Waals surface area (Å²) >= 11 is 0. The van der Waals surface area contributed by atoms with Crippen molar-refractivity contribution in [1.29, 1.82) is 0 Å². The van der Waals surface area contributed by atoms with Gasteiger partial charge in [0.1, 0.15) is 13.4 Å². The number of esters is 1. The fourth-order valence-electron chi connectivity index (χ4n) is 1.31. The molecule has 0 amide bonds. The maximum atomic E-state index is 11.7. The van der Waals surface area contributed by atoms with Gasteiger partial charge in [-0.05, 0) is 6.92 Å². The average Bonchev–Trinajstić information content (AvgIpc) is 2.52. The Morgan fingerprint density at radius 2 is 2.14 bits per heavy atom. The van der Waals surface area contributed by atoms with Gasteiger partial charge in [-0.2, -0.15) is 4.98 Å². The summed E-state index contributed by atoms with van der Waals surface area (Å²) in [5.74, 6) is -0.410. The first-order chi connectivity index (χ1) is 10.1. The molecule has 0 unspecified atom stereocenters. The van der Waals surface area contributed by atoms with Crippen molar-refractivity contribution in [2.45, 2.75) is 13.8 Å². The number of carbonyl (C=O) groups excluding carboxylic acids is 1. The van der Waals surface area contributed by atoms with Crippen LogP contribution in [0.15, 0.2) is 28.9 Å². The van der Waals surface area contributed by atoms with E-state index in [0.717, 1.165) is 0 Å². The molecule has 0 aliphatic rings. The van der Waals surface area contributed by atoms with Gasteiger partial charge in [0, 0.05) is 38.9 Å². The molecule has 1 heterocycles. The SMILES string of the molecule is C/C=C(/C(=O)OC)c1cncnc1O/N=C(\C)[C-]=NOC.[Y]. The van der Waals surface area contributed by atoms with Gasteiger partial charge in [-0.1, -0.05) is 18.7 Å². The average molecular weight is 380 g/mol. The summed E-state index contributed by atoms with van der Waals surface area (Å²) in [6, 6.07) is 0. The Labute approximate surface area is 153 Å². The van der Waals surface area contributed by atoms with Crippen LogP contribution in [0.25, 0.3) is 5.57 Å². The largest absolute Gasteiger partial charge is 0.465 e. The molecule has 22 heavy (non-hydrogen) atoms. The van der Waals surface area contributed by atoms with Crippen LogP contribution in [-0.4, -0.2) is 42.1 Å². The first kappa shape index (κ1) is 20.3. The van der Waals surface area contributed by atoms with Gasteiger partial charge in [-0.25, -0.2) is 9.78 Å². The fraction of sp³-hybridized carbons (Fsp3) is 0.308. The third-order valence-corrected chi connectivity index (χ3v) is 2.23. The number of rotatable bonds is 6. The van der Waals surface area contributed by atoms with Crippen molar-refractivity contribution >= 4 is 23.5 Å². The minimum Gasteiger partial charge on any atom is -0.465 e. The molecule has 1 rings (SSSR count). The molecule has 0 aliphatic heterocycles. The molecular formula is C13H15N4O4Y-. The summed E-state index contributed by atoms with van der Waals surface area (Å²) in [6.07, 6.45) is 6.77. The van der Waals surface area contributed by atoms with E-state index < -0.39 is 5.97 Å². The van der Waals surface area contributed by atoms with Gasteiger partial charge >= 0.3 is 5.97 Å². The van der Waals surface area contributed by atoms with Crippen LogP contribution in [0.5, 0.6) is 5.88 Å². The predicted molar refractivity (Wildman–Crippen MR) is 75.9 cm³/mol. The molecular weight excluding hydrogens is 365 g/mol. The van der Waals surface area contributed by atoms with Crippen LogP contribution >= 0.6 is 0 Å². The van der Waals surface area contributed by atoms with Crippen LogP contribution < -0.4 is 4.84 Å². The molecule has 0 saturated heterocycles. The van der Waals surface area contributed by atoms with E-state index in [1.807, 2.05) is 0 Å². The first-order valence-electron chi connectivity index (χ1n) is 5.89. The maximum absolute atomic E-state index is 11.7. The number of nitrogens with zero attached hydrogens (tertiary/aromatic N) is 4. The van der Waals surface area contributed by atoms with Crippen LogP contribution in [0.1, 0.15) is 19.4 Å². The summed E-state index contributed by atoms with van der Waals surface area (Å²) < 4.78 is 4.69. The van der Waals surface area contributed by atoms with E-state index in [-0.39, 0.29) is 44.2 Å². The summed E-state index contributed by atoms with van der Waals surface area (Å²) in [7, 11) is 2.67. The van der Waals surface area contributed by atoms with Gasteiger partial charge < -0.3 is 25.8 Å². The molecule has 0 aliphatic carbocycles. The normalized spacial score (nSPS) is 11.8. The van der Waals surface area contributed by atoms with Gasteiger partial charge in [0.2, 0.25) is 0 Å². The van der Waals surface area contributed by atoms with Crippen molar-refractivity contribution in [1.82, 2.24) is 9.97 Å². The zero-order chi connectivity index (χ0) is 15.7. The molecule has 0 bridgehead atoms. The summed E-state index contributed by atoms with van der Waals surface area (Å²) in [5.41, 5.74) is 0.976. The van der Waals surface area contributed by atoms with E-state index in [0.29, 0.717) is 11.3 Å². The summed E-state index contributed by atoms with van der Waals surface area (Å²) in [5, 5.41) is 7.18. The molecule has 115 valence electrons. The minimum atomic E-state index is -0.523. The number of allylic oxidation sites excluding steroid dienone is 1. The third-order valence-electron chi connectivity index (χ3n) is 2.23. The van der Waals surface area contributed by atoms with Gasteiger partial charge in [0.15, 0.2) is 0 Å².